The third-order valence-electron chi connectivity index (χ3n) is 4.73. The number of nitrogens with two attached hydrogens (primary N) is 1. The van der Waals surface area contributed by atoms with E-state index in [2.05, 4.69) is 10.2 Å². The second-order valence-corrected chi connectivity index (χ2v) is 6.30. The lowest BCUT2D eigenvalue weighted by molar-refractivity contribution is -0.125. The lowest BCUT2D eigenvalue weighted by atomic mass is 9.94. The number of ether oxygens (including phenoxy) is 1. The molecule has 1 aliphatic heterocycles. The summed E-state index contributed by atoms with van der Waals surface area (Å²) in [4.78, 5) is 14.8. The molecule has 0 radical (unpaired) electrons. The molecule has 0 spiro atoms. The van der Waals surface area contributed by atoms with Gasteiger partial charge in [0.25, 0.3) is 0 Å². The van der Waals surface area contributed by atoms with Crippen LogP contribution in [-0.2, 0) is 9.53 Å². The fourth-order valence-electron chi connectivity index (χ4n) is 3.14. The topological polar surface area (TPSA) is 67.6 Å². The van der Waals surface area contributed by atoms with Crippen LogP contribution in [0.15, 0.2) is 30.3 Å². The summed E-state index contributed by atoms with van der Waals surface area (Å²) in [6.07, 6.45) is 2.31. The largest absolute Gasteiger partial charge is 0.383 e. The van der Waals surface area contributed by atoms with Crippen LogP contribution in [0.3, 0.4) is 0 Å². The van der Waals surface area contributed by atoms with Gasteiger partial charge < -0.3 is 15.8 Å². The molecule has 5 nitrogen and oxygen atoms in total. The molecule has 3 N–H and O–H groups in total. The van der Waals surface area contributed by atoms with Gasteiger partial charge in [-0.2, -0.15) is 0 Å². The number of benzene rings is 1. The Morgan fingerprint density at radius 1 is 1.36 bits per heavy atom. The average Bonchev–Trinajstić information content (AvgIpc) is 3.04. The van der Waals surface area contributed by atoms with Crippen molar-refractivity contribution in [2.75, 3.05) is 33.4 Å². The minimum atomic E-state index is -0.274. The summed E-state index contributed by atoms with van der Waals surface area (Å²) < 4.78 is 5.15. The standard InChI is InChI=1S/C18H29N3O2.2ClH/c1-14(17(19)15-7-4-3-5-8-15)18(22)20-13-16-9-6-10-21(16)11-12-23-2;;/h3-5,7-8,14,16-17H,6,9-13,19H2,1-2H3,(H,20,22);2*1H. The van der Waals surface area contributed by atoms with Crippen LogP contribution in [0.1, 0.15) is 31.4 Å². The van der Waals surface area contributed by atoms with Crippen LogP contribution < -0.4 is 11.1 Å². The Balaban J connectivity index is 0.00000288. The summed E-state index contributed by atoms with van der Waals surface area (Å²) in [5.74, 6) is -0.217. The Hall–Kier alpha value is -0.850. The van der Waals surface area contributed by atoms with Gasteiger partial charge in [0, 0.05) is 32.3 Å². The fourth-order valence-corrected chi connectivity index (χ4v) is 3.14. The number of amides is 1. The highest BCUT2D eigenvalue weighted by Crippen LogP contribution is 2.20. The van der Waals surface area contributed by atoms with Gasteiger partial charge in [-0.3, -0.25) is 9.69 Å². The number of methoxy groups -OCH3 is 1. The van der Waals surface area contributed by atoms with E-state index in [4.69, 9.17) is 10.5 Å². The first kappa shape index (κ1) is 24.1. The molecule has 25 heavy (non-hydrogen) atoms. The Morgan fingerprint density at radius 2 is 2.04 bits per heavy atom. The smallest absolute Gasteiger partial charge is 0.224 e. The third-order valence-corrected chi connectivity index (χ3v) is 4.73. The molecular weight excluding hydrogens is 361 g/mol. The number of nitrogens with one attached hydrogen (secondary N) is 1. The average molecular weight is 392 g/mol. The van der Waals surface area contributed by atoms with E-state index < -0.39 is 0 Å². The Morgan fingerprint density at radius 3 is 2.68 bits per heavy atom. The van der Waals surface area contributed by atoms with Crippen molar-refractivity contribution in [3.63, 3.8) is 0 Å². The number of carbonyl (C=O) groups excluding carboxylic acids is 1. The molecule has 1 aromatic carbocycles. The highest BCUT2D eigenvalue weighted by molar-refractivity contribution is 5.85. The minimum absolute atomic E-state index is 0. The third kappa shape index (κ3) is 7.12. The van der Waals surface area contributed by atoms with Crippen molar-refractivity contribution < 1.29 is 9.53 Å². The van der Waals surface area contributed by atoms with Crippen LogP contribution >= 0.6 is 24.8 Å². The summed E-state index contributed by atoms with van der Waals surface area (Å²) in [5.41, 5.74) is 7.23. The fraction of sp³-hybridized carbons (Fsp3) is 0.611. The van der Waals surface area contributed by atoms with E-state index in [1.807, 2.05) is 37.3 Å². The van der Waals surface area contributed by atoms with Gasteiger partial charge >= 0.3 is 0 Å². The van der Waals surface area contributed by atoms with Crippen molar-refractivity contribution in [1.82, 2.24) is 10.2 Å². The van der Waals surface area contributed by atoms with Crippen molar-refractivity contribution in [1.29, 1.82) is 0 Å². The van der Waals surface area contributed by atoms with Crippen LogP contribution in [0, 0.1) is 5.92 Å². The molecule has 1 aromatic rings. The maximum Gasteiger partial charge on any atom is 0.224 e. The quantitative estimate of drug-likeness (QED) is 0.713. The van der Waals surface area contributed by atoms with Crippen molar-refractivity contribution in [3.05, 3.63) is 35.9 Å². The maximum atomic E-state index is 12.4. The number of likely N-dealkylation sites (tertiary alicyclic amines) is 1. The number of rotatable bonds is 8. The van der Waals surface area contributed by atoms with Gasteiger partial charge in [-0.15, -0.1) is 24.8 Å². The second kappa shape index (κ2) is 12.5. The van der Waals surface area contributed by atoms with Gasteiger partial charge in [0.1, 0.15) is 0 Å². The number of hydrogen-bond acceptors (Lipinski definition) is 4. The van der Waals surface area contributed by atoms with E-state index in [1.54, 1.807) is 7.11 Å². The van der Waals surface area contributed by atoms with E-state index in [1.165, 1.54) is 6.42 Å². The van der Waals surface area contributed by atoms with Crippen molar-refractivity contribution in [2.24, 2.45) is 11.7 Å². The first-order chi connectivity index (χ1) is 11.1. The molecule has 0 saturated carbocycles. The van der Waals surface area contributed by atoms with Crippen molar-refractivity contribution in [3.8, 4) is 0 Å². The van der Waals surface area contributed by atoms with E-state index in [9.17, 15) is 4.79 Å². The van der Waals surface area contributed by atoms with Crippen LogP contribution in [0.5, 0.6) is 0 Å². The van der Waals surface area contributed by atoms with Crippen molar-refractivity contribution >= 4 is 30.7 Å². The predicted molar refractivity (Wildman–Crippen MR) is 107 cm³/mol. The van der Waals surface area contributed by atoms with Crippen LogP contribution in [0.2, 0.25) is 0 Å². The number of carbonyl (C=O) groups is 1. The van der Waals surface area contributed by atoms with Gasteiger partial charge in [-0.1, -0.05) is 37.3 Å². The molecule has 1 aliphatic rings. The van der Waals surface area contributed by atoms with E-state index in [0.717, 1.165) is 31.7 Å². The molecule has 0 aromatic heterocycles. The summed E-state index contributed by atoms with van der Waals surface area (Å²) >= 11 is 0. The Bertz CT molecular complexity index is 490. The van der Waals surface area contributed by atoms with Crippen LogP contribution in [0.4, 0.5) is 0 Å². The molecule has 3 atom stereocenters. The first-order valence-corrected chi connectivity index (χ1v) is 8.44. The minimum Gasteiger partial charge on any atom is -0.383 e. The monoisotopic (exact) mass is 391 g/mol. The molecular formula is C18H31Cl2N3O2. The maximum absolute atomic E-state index is 12.4. The number of nitrogens with zero attached hydrogens (tertiary/aromatic N) is 1. The molecule has 2 rings (SSSR count). The molecule has 144 valence electrons. The normalized spacial score (nSPS) is 19.4. The Kier molecular flexibility index (Phi) is 12.1. The molecule has 1 saturated heterocycles. The van der Waals surface area contributed by atoms with Gasteiger partial charge in [-0.05, 0) is 24.9 Å². The lowest BCUT2D eigenvalue weighted by Crippen LogP contribution is -2.44. The van der Waals surface area contributed by atoms with E-state index in [-0.39, 0.29) is 42.7 Å². The van der Waals surface area contributed by atoms with Crippen LogP contribution in [-0.4, -0.2) is 50.2 Å². The second-order valence-electron chi connectivity index (χ2n) is 6.30. The summed E-state index contributed by atoms with van der Waals surface area (Å²) in [7, 11) is 1.72. The van der Waals surface area contributed by atoms with E-state index >= 15 is 0 Å². The van der Waals surface area contributed by atoms with E-state index in [0.29, 0.717) is 12.6 Å². The predicted octanol–water partition coefficient (Wildman–Crippen LogP) is 2.39. The zero-order chi connectivity index (χ0) is 16.7. The van der Waals surface area contributed by atoms with Gasteiger partial charge in [0.15, 0.2) is 0 Å². The highest BCUT2D eigenvalue weighted by atomic mass is 35.5. The molecule has 7 heteroatoms. The molecule has 1 heterocycles. The molecule has 0 bridgehead atoms. The SMILES string of the molecule is COCCN1CCCC1CNC(=O)C(C)C(N)c1ccccc1.Cl.Cl. The van der Waals surface area contributed by atoms with Gasteiger partial charge in [0.2, 0.25) is 5.91 Å². The Labute approximate surface area is 163 Å². The molecule has 3 unspecified atom stereocenters. The molecule has 0 aliphatic carbocycles. The molecule has 1 fully saturated rings. The van der Waals surface area contributed by atoms with Gasteiger partial charge in [0.05, 0.1) is 12.5 Å². The lowest BCUT2D eigenvalue weighted by Gasteiger charge is -2.26. The molecule has 1 amide bonds. The zero-order valence-corrected chi connectivity index (χ0v) is 16.7. The number of hydrogen-bond donors (Lipinski definition) is 2. The summed E-state index contributed by atoms with van der Waals surface area (Å²) in [6, 6.07) is 9.93. The first-order valence-electron chi connectivity index (χ1n) is 8.44. The summed E-state index contributed by atoms with van der Waals surface area (Å²) in [5, 5.41) is 3.08. The van der Waals surface area contributed by atoms with Crippen molar-refractivity contribution in [2.45, 2.75) is 31.8 Å². The van der Waals surface area contributed by atoms with Crippen LogP contribution in [0.25, 0.3) is 0 Å². The van der Waals surface area contributed by atoms with Gasteiger partial charge in [-0.25, -0.2) is 0 Å². The summed E-state index contributed by atoms with van der Waals surface area (Å²) in [6.45, 7) is 5.33. The zero-order valence-electron chi connectivity index (χ0n) is 15.0. The number of halogens is 2. The highest BCUT2D eigenvalue weighted by Gasteiger charge is 2.26.